The molecule has 1 aromatic rings. The van der Waals surface area contributed by atoms with Gasteiger partial charge in [0.15, 0.2) is 11.8 Å². The van der Waals surface area contributed by atoms with Crippen molar-refractivity contribution in [2.45, 2.75) is 52.6 Å². The van der Waals surface area contributed by atoms with Gasteiger partial charge in [-0.15, -0.1) is 0 Å². The van der Waals surface area contributed by atoms with Crippen molar-refractivity contribution in [2.75, 3.05) is 0 Å². The highest BCUT2D eigenvalue weighted by Gasteiger charge is 2.21. The number of guanidine groups is 1. The Balaban J connectivity index is 2.61. The van der Waals surface area contributed by atoms with Crippen molar-refractivity contribution in [2.24, 2.45) is 10.7 Å². The molecule has 6 heteroatoms. The molecule has 0 atom stereocenters. The van der Waals surface area contributed by atoms with Crippen molar-refractivity contribution < 1.29 is 4.52 Å². The normalized spacial score (nSPS) is 13.2. The molecule has 0 bridgehead atoms. The van der Waals surface area contributed by atoms with Crippen LogP contribution in [-0.2, 0) is 12.0 Å². The van der Waals surface area contributed by atoms with Crippen molar-refractivity contribution in [3.8, 4) is 0 Å². The van der Waals surface area contributed by atoms with E-state index in [9.17, 15) is 0 Å². The summed E-state index contributed by atoms with van der Waals surface area (Å²) in [6, 6.07) is 0.258. The maximum atomic E-state index is 5.67. The molecular formula is C11H21N5O. The van der Waals surface area contributed by atoms with Gasteiger partial charge < -0.3 is 15.6 Å². The Labute approximate surface area is 102 Å². The Bertz CT molecular complexity index is 389. The number of hydrogen-bond donors (Lipinski definition) is 2. The lowest BCUT2D eigenvalue weighted by Gasteiger charge is -2.10. The van der Waals surface area contributed by atoms with Gasteiger partial charge in [0.05, 0.1) is 0 Å². The minimum absolute atomic E-state index is 0.142. The molecule has 0 radical (unpaired) electrons. The second-order valence-electron chi connectivity index (χ2n) is 5.27. The van der Waals surface area contributed by atoms with E-state index in [4.69, 9.17) is 10.3 Å². The van der Waals surface area contributed by atoms with Gasteiger partial charge in [0.2, 0.25) is 5.89 Å². The Morgan fingerprint density at radius 3 is 2.59 bits per heavy atom. The van der Waals surface area contributed by atoms with E-state index < -0.39 is 0 Å². The maximum Gasteiger partial charge on any atom is 0.232 e. The lowest BCUT2D eigenvalue weighted by atomic mass is 9.97. The highest BCUT2D eigenvalue weighted by Crippen LogP contribution is 2.19. The first-order valence-electron chi connectivity index (χ1n) is 5.68. The molecule has 1 aromatic heterocycles. The Morgan fingerprint density at radius 2 is 2.12 bits per heavy atom. The molecule has 0 unspecified atom stereocenters. The van der Waals surface area contributed by atoms with Crippen LogP contribution < -0.4 is 11.1 Å². The average molecular weight is 239 g/mol. The van der Waals surface area contributed by atoms with Crippen LogP contribution in [-0.4, -0.2) is 22.1 Å². The fourth-order valence-corrected chi connectivity index (χ4v) is 1.12. The van der Waals surface area contributed by atoms with E-state index in [-0.39, 0.29) is 11.5 Å². The molecule has 1 rings (SSSR count). The van der Waals surface area contributed by atoms with Crippen molar-refractivity contribution in [1.29, 1.82) is 0 Å². The Kier molecular flexibility index (Phi) is 4.09. The molecule has 96 valence electrons. The second kappa shape index (κ2) is 5.16. The van der Waals surface area contributed by atoms with E-state index in [1.807, 2.05) is 34.6 Å². The van der Waals surface area contributed by atoms with Crippen LogP contribution in [0.25, 0.3) is 0 Å². The summed E-state index contributed by atoms with van der Waals surface area (Å²) in [6.45, 7) is 10.4. The summed E-state index contributed by atoms with van der Waals surface area (Å²) in [6.07, 6.45) is 0. The molecule has 0 aliphatic heterocycles. The lowest BCUT2D eigenvalue weighted by Crippen LogP contribution is -2.36. The molecule has 0 amide bonds. The smallest absolute Gasteiger partial charge is 0.232 e. The van der Waals surface area contributed by atoms with E-state index in [1.54, 1.807) is 0 Å². The number of hydrogen-bond acceptors (Lipinski definition) is 4. The van der Waals surface area contributed by atoms with Crippen molar-refractivity contribution in [3.63, 3.8) is 0 Å². The zero-order valence-electron chi connectivity index (χ0n) is 11.1. The number of nitrogens with zero attached hydrogens (tertiary/aromatic N) is 3. The molecule has 1 heterocycles. The minimum Gasteiger partial charge on any atom is -0.370 e. The second-order valence-corrected chi connectivity index (χ2v) is 5.27. The number of rotatable bonds is 3. The lowest BCUT2D eigenvalue weighted by molar-refractivity contribution is 0.318. The summed E-state index contributed by atoms with van der Waals surface area (Å²) in [7, 11) is 0. The van der Waals surface area contributed by atoms with Crippen LogP contribution in [0.4, 0.5) is 0 Å². The summed E-state index contributed by atoms with van der Waals surface area (Å²) >= 11 is 0. The van der Waals surface area contributed by atoms with E-state index in [0.717, 1.165) is 0 Å². The third-order valence-corrected chi connectivity index (χ3v) is 1.94. The van der Waals surface area contributed by atoms with Gasteiger partial charge in [-0.25, -0.2) is 4.99 Å². The van der Waals surface area contributed by atoms with Gasteiger partial charge in [-0.05, 0) is 13.8 Å². The average Bonchev–Trinajstić information content (AvgIpc) is 2.61. The van der Waals surface area contributed by atoms with Crippen molar-refractivity contribution >= 4 is 5.96 Å². The van der Waals surface area contributed by atoms with Crippen molar-refractivity contribution in [1.82, 2.24) is 15.5 Å². The first-order chi connectivity index (χ1) is 7.79. The van der Waals surface area contributed by atoms with Gasteiger partial charge in [-0.2, -0.15) is 4.98 Å². The van der Waals surface area contributed by atoms with Gasteiger partial charge in [0.1, 0.15) is 6.54 Å². The summed E-state index contributed by atoms with van der Waals surface area (Å²) in [5.41, 5.74) is 5.53. The van der Waals surface area contributed by atoms with Gasteiger partial charge >= 0.3 is 0 Å². The van der Waals surface area contributed by atoms with Crippen LogP contribution in [0.2, 0.25) is 0 Å². The molecular weight excluding hydrogens is 218 g/mol. The Morgan fingerprint density at radius 1 is 1.47 bits per heavy atom. The highest BCUT2D eigenvalue weighted by molar-refractivity contribution is 5.77. The maximum absolute atomic E-state index is 5.67. The van der Waals surface area contributed by atoms with Crippen LogP contribution >= 0.6 is 0 Å². The Hall–Kier alpha value is -1.59. The van der Waals surface area contributed by atoms with E-state index in [2.05, 4.69) is 20.4 Å². The molecule has 3 N–H and O–H groups in total. The molecule has 17 heavy (non-hydrogen) atoms. The van der Waals surface area contributed by atoms with Crippen LogP contribution in [0.1, 0.15) is 46.3 Å². The molecule has 0 aliphatic carbocycles. The van der Waals surface area contributed by atoms with Crippen molar-refractivity contribution in [3.05, 3.63) is 11.7 Å². The molecule has 0 saturated heterocycles. The van der Waals surface area contributed by atoms with Gasteiger partial charge in [0, 0.05) is 11.5 Å². The monoisotopic (exact) mass is 239 g/mol. The summed E-state index contributed by atoms with van der Waals surface area (Å²) in [5, 5.41) is 6.85. The zero-order chi connectivity index (χ0) is 13.1. The largest absolute Gasteiger partial charge is 0.370 e. The minimum atomic E-state index is -0.142. The SMILES string of the molecule is CC(C)NC(N)=NCc1noc(C(C)(C)C)n1. The van der Waals surface area contributed by atoms with Crippen LogP contribution in [0, 0.1) is 0 Å². The van der Waals surface area contributed by atoms with Crippen LogP contribution in [0.5, 0.6) is 0 Å². The molecule has 0 aromatic carbocycles. The summed E-state index contributed by atoms with van der Waals surface area (Å²) < 4.78 is 5.15. The third-order valence-electron chi connectivity index (χ3n) is 1.94. The van der Waals surface area contributed by atoms with Crippen LogP contribution in [0.3, 0.4) is 0 Å². The van der Waals surface area contributed by atoms with E-state index in [0.29, 0.717) is 24.2 Å². The van der Waals surface area contributed by atoms with Gasteiger partial charge in [-0.3, -0.25) is 0 Å². The molecule has 0 fully saturated rings. The molecule has 0 aliphatic rings. The predicted octanol–water partition coefficient (Wildman–Crippen LogP) is 1.18. The zero-order valence-corrected chi connectivity index (χ0v) is 11.1. The van der Waals surface area contributed by atoms with E-state index >= 15 is 0 Å². The molecule has 6 nitrogen and oxygen atoms in total. The summed E-state index contributed by atoms with van der Waals surface area (Å²) in [4.78, 5) is 8.39. The first-order valence-corrected chi connectivity index (χ1v) is 5.68. The number of aliphatic imine (C=N–C) groups is 1. The van der Waals surface area contributed by atoms with Crippen LogP contribution in [0.15, 0.2) is 9.52 Å². The highest BCUT2D eigenvalue weighted by atomic mass is 16.5. The molecule has 0 spiro atoms. The number of aromatic nitrogens is 2. The fraction of sp³-hybridized carbons (Fsp3) is 0.727. The van der Waals surface area contributed by atoms with E-state index in [1.165, 1.54) is 0 Å². The fourth-order valence-electron chi connectivity index (χ4n) is 1.12. The first kappa shape index (κ1) is 13.5. The predicted molar refractivity (Wildman–Crippen MR) is 66.6 cm³/mol. The number of nitrogens with two attached hydrogens (primary N) is 1. The number of nitrogens with one attached hydrogen (secondary N) is 1. The molecule has 0 saturated carbocycles. The quantitative estimate of drug-likeness (QED) is 0.610. The third kappa shape index (κ3) is 4.42. The summed E-state index contributed by atoms with van der Waals surface area (Å²) in [5.74, 6) is 1.55. The van der Waals surface area contributed by atoms with Gasteiger partial charge in [-0.1, -0.05) is 25.9 Å². The standard InChI is InChI=1S/C11H21N5O/c1-7(2)14-10(12)13-6-8-15-9(17-16-8)11(3,4)5/h7H,6H2,1-5H3,(H3,12,13,14). The van der Waals surface area contributed by atoms with Gasteiger partial charge in [0.25, 0.3) is 0 Å². The topological polar surface area (TPSA) is 89.3 Å².